The zero-order valence-corrected chi connectivity index (χ0v) is 31.4. The van der Waals surface area contributed by atoms with Crippen molar-refractivity contribution in [3.63, 3.8) is 0 Å². The van der Waals surface area contributed by atoms with E-state index in [1.807, 2.05) is 75.2 Å². The minimum Gasteiger partial charge on any atom is -0.453 e. The lowest BCUT2D eigenvalue weighted by Gasteiger charge is -2.35. The number of nitrogens with zero attached hydrogens (tertiary/aromatic N) is 3. The average molecular weight is 732 g/mol. The maximum atomic E-state index is 13.3. The summed E-state index contributed by atoms with van der Waals surface area (Å²) >= 11 is 0. The molecule has 2 saturated heterocycles. The van der Waals surface area contributed by atoms with E-state index in [4.69, 9.17) is 4.74 Å². The summed E-state index contributed by atoms with van der Waals surface area (Å²) in [6, 6.07) is 14.2. The Balaban J connectivity index is 1.17. The minimum atomic E-state index is -0.897. The number of aliphatic hydroxyl groups is 1. The van der Waals surface area contributed by atoms with Gasteiger partial charge in [-0.1, -0.05) is 76.2 Å². The van der Waals surface area contributed by atoms with Crippen LogP contribution in [0.5, 0.6) is 0 Å². The number of rotatable bonds is 13. The molecule has 2 fully saturated rings. The quantitative estimate of drug-likeness (QED) is 0.169. The van der Waals surface area contributed by atoms with Crippen molar-refractivity contribution in [2.75, 3.05) is 27.3 Å². The third-order valence-electron chi connectivity index (χ3n) is 10.2. The van der Waals surface area contributed by atoms with Crippen molar-refractivity contribution in [3.8, 4) is 22.4 Å². The summed E-state index contributed by atoms with van der Waals surface area (Å²) < 4.78 is 9.47. The van der Waals surface area contributed by atoms with Gasteiger partial charge in [-0.3, -0.25) is 14.5 Å². The molecule has 1 unspecified atom stereocenters. The molecule has 286 valence electrons. The number of ether oxygens (including phenoxy) is 2. The van der Waals surface area contributed by atoms with Gasteiger partial charge in [-0.05, 0) is 59.8 Å². The van der Waals surface area contributed by atoms with Gasteiger partial charge < -0.3 is 40.4 Å². The normalized spacial score (nSPS) is 19.2. The Morgan fingerprint density at radius 2 is 1.45 bits per heavy atom. The fraction of sp³-hybridized carbons (Fsp3) is 0.513. The van der Waals surface area contributed by atoms with E-state index in [-0.39, 0.29) is 29.7 Å². The standard InChI is InChI=1S/C39H53N7O7/c1-23(2)32(43-38(50)52-5)36(48)45-19-7-9-30(45)34-40-22-29(42-34)28-17-15-27(16-18-28)26-13-11-25(12-14-26)21-41-35(47)31-10-8-20-46(31)37(49)33(24(3)4)44-39(51)53-6/h11-18,22-24,30-33,36,48H,7-10,19-21H2,1-6H3,(H,40,42)(H,41,47)(H,43,50)(H,44,51)/t30-,31-,32-,33-,36?/m0/s1. The summed E-state index contributed by atoms with van der Waals surface area (Å²) in [5, 5.41) is 19.7. The van der Waals surface area contributed by atoms with Gasteiger partial charge in [0.15, 0.2) is 0 Å². The van der Waals surface area contributed by atoms with Crippen molar-refractivity contribution in [3.05, 3.63) is 66.1 Å². The molecule has 14 nitrogen and oxygen atoms in total. The molecule has 1 aromatic heterocycles. The molecule has 0 bridgehead atoms. The Bertz CT molecular complexity index is 1710. The maximum absolute atomic E-state index is 13.3. The third kappa shape index (κ3) is 9.35. The number of aromatic nitrogens is 2. The number of aliphatic hydroxyl groups excluding tert-OH is 1. The summed E-state index contributed by atoms with van der Waals surface area (Å²) in [6.07, 6.45) is 2.67. The van der Waals surface area contributed by atoms with Gasteiger partial charge in [0, 0.05) is 19.6 Å². The highest BCUT2D eigenvalue weighted by molar-refractivity contribution is 5.92. The van der Waals surface area contributed by atoms with E-state index >= 15 is 0 Å². The van der Waals surface area contributed by atoms with Crippen LogP contribution >= 0.6 is 0 Å². The molecule has 3 aromatic rings. The van der Waals surface area contributed by atoms with Crippen LogP contribution in [0.15, 0.2) is 54.7 Å². The number of amides is 4. The topological polar surface area (TPSA) is 178 Å². The van der Waals surface area contributed by atoms with Crippen molar-refractivity contribution in [1.29, 1.82) is 0 Å². The zero-order valence-electron chi connectivity index (χ0n) is 31.4. The van der Waals surface area contributed by atoms with Crippen molar-refractivity contribution in [2.24, 2.45) is 11.8 Å². The molecule has 0 radical (unpaired) electrons. The predicted octanol–water partition coefficient (Wildman–Crippen LogP) is 4.57. The average Bonchev–Trinajstić information content (AvgIpc) is 3.96. The molecule has 0 saturated carbocycles. The SMILES string of the molecule is COC(=O)N[C@@H](C(C)C)C(O)N1CCC[C@H]1c1ncc(-c2ccc(-c3ccc(CNC(=O)[C@@H]4CCCN4C(=O)[C@@H](NC(=O)OC)C(C)C)cc3)cc2)[nH]1. The van der Waals surface area contributed by atoms with Gasteiger partial charge in [-0.25, -0.2) is 14.6 Å². The summed E-state index contributed by atoms with van der Waals surface area (Å²) in [5.74, 6) is 0.0868. The Morgan fingerprint density at radius 1 is 0.849 bits per heavy atom. The molecule has 53 heavy (non-hydrogen) atoms. The Hall–Kier alpha value is -4.95. The summed E-state index contributed by atoms with van der Waals surface area (Å²) in [5.41, 5.74) is 4.84. The van der Waals surface area contributed by atoms with Crippen LogP contribution in [-0.4, -0.2) is 101 Å². The van der Waals surface area contributed by atoms with E-state index < -0.39 is 36.5 Å². The number of H-pyrrole nitrogens is 1. The summed E-state index contributed by atoms with van der Waals surface area (Å²) in [7, 11) is 2.56. The van der Waals surface area contributed by atoms with Crippen LogP contribution in [0.2, 0.25) is 0 Å². The molecule has 2 aliphatic heterocycles. The zero-order chi connectivity index (χ0) is 38.2. The highest BCUT2D eigenvalue weighted by Gasteiger charge is 2.40. The summed E-state index contributed by atoms with van der Waals surface area (Å²) in [6.45, 7) is 9.05. The number of carbonyl (C=O) groups is 4. The van der Waals surface area contributed by atoms with Gasteiger partial charge in [0.2, 0.25) is 11.8 Å². The van der Waals surface area contributed by atoms with E-state index in [2.05, 4.69) is 42.8 Å². The number of benzene rings is 2. The molecule has 0 spiro atoms. The van der Waals surface area contributed by atoms with E-state index in [0.29, 0.717) is 32.5 Å². The first-order chi connectivity index (χ1) is 25.4. The van der Waals surface area contributed by atoms with E-state index in [9.17, 15) is 24.3 Å². The maximum Gasteiger partial charge on any atom is 0.407 e. The highest BCUT2D eigenvalue weighted by Crippen LogP contribution is 2.34. The second kappa shape index (κ2) is 17.7. The van der Waals surface area contributed by atoms with Gasteiger partial charge in [-0.15, -0.1) is 0 Å². The van der Waals surface area contributed by atoms with E-state index in [1.165, 1.54) is 14.2 Å². The van der Waals surface area contributed by atoms with Crippen LogP contribution in [0.25, 0.3) is 22.4 Å². The molecule has 3 heterocycles. The lowest BCUT2D eigenvalue weighted by Crippen LogP contribution is -2.55. The molecule has 0 aliphatic carbocycles. The molecule has 14 heteroatoms. The molecular weight excluding hydrogens is 678 g/mol. The number of carbonyl (C=O) groups excluding carboxylic acids is 4. The second-order valence-corrected chi connectivity index (χ2v) is 14.4. The van der Waals surface area contributed by atoms with Crippen LogP contribution in [0.1, 0.15) is 70.8 Å². The third-order valence-corrected chi connectivity index (χ3v) is 10.2. The molecule has 5 rings (SSSR count). The van der Waals surface area contributed by atoms with Crippen molar-refractivity contribution >= 4 is 24.0 Å². The van der Waals surface area contributed by atoms with Crippen LogP contribution in [0.3, 0.4) is 0 Å². The highest BCUT2D eigenvalue weighted by atomic mass is 16.5. The second-order valence-electron chi connectivity index (χ2n) is 14.4. The lowest BCUT2D eigenvalue weighted by molar-refractivity contribution is -0.140. The van der Waals surface area contributed by atoms with Gasteiger partial charge in [-0.2, -0.15) is 0 Å². The molecule has 2 aliphatic rings. The van der Waals surface area contributed by atoms with Crippen LogP contribution in [0.4, 0.5) is 9.59 Å². The fourth-order valence-corrected chi connectivity index (χ4v) is 7.18. The first-order valence-corrected chi connectivity index (χ1v) is 18.4. The number of nitrogens with one attached hydrogen (secondary N) is 4. The lowest BCUT2D eigenvalue weighted by atomic mass is 10.0. The first-order valence-electron chi connectivity index (χ1n) is 18.4. The number of hydrogen-bond acceptors (Lipinski definition) is 9. The number of likely N-dealkylation sites (tertiary alicyclic amines) is 2. The van der Waals surface area contributed by atoms with Crippen LogP contribution in [0, 0.1) is 11.8 Å². The summed E-state index contributed by atoms with van der Waals surface area (Å²) in [4.78, 5) is 62.0. The fourth-order valence-electron chi connectivity index (χ4n) is 7.18. The predicted molar refractivity (Wildman–Crippen MR) is 199 cm³/mol. The van der Waals surface area contributed by atoms with Gasteiger partial charge >= 0.3 is 12.2 Å². The monoisotopic (exact) mass is 731 g/mol. The molecular formula is C39H53N7O7. The molecule has 5 atom stereocenters. The first kappa shape index (κ1) is 39.3. The van der Waals surface area contributed by atoms with Crippen LogP contribution in [-0.2, 0) is 25.6 Å². The Morgan fingerprint density at radius 3 is 2.08 bits per heavy atom. The Labute approximate surface area is 311 Å². The van der Waals surface area contributed by atoms with Crippen molar-refractivity contribution in [2.45, 2.75) is 90.3 Å². The van der Waals surface area contributed by atoms with Crippen molar-refractivity contribution < 1.29 is 33.8 Å². The minimum absolute atomic E-state index is 0.0115. The van der Waals surface area contributed by atoms with Crippen molar-refractivity contribution in [1.82, 2.24) is 35.7 Å². The Kier molecular flexibility index (Phi) is 13.1. The number of alkyl carbamates (subject to hydrolysis) is 2. The van der Waals surface area contributed by atoms with Crippen LogP contribution < -0.4 is 16.0 Å². The largest absolute Gasteiger partial charge is 0.453 e. The molecule has 2 aromatic carbocycles. The molecule has 4 amide bonds. The number of imidazole rings is 1. The van der Waals surface area contributed by atoms with Gasteiger partial charge in [0.05, 0.1) is 38.2 Å². The van der Waals surface area contributed by atoms with Gasteiger partial charge in [0.1, 0.15) is 24.1 Å². The van der Waals surface area contributed by atoms with E-state index in [1.54, 1.807) is 4.90 Å². The number of hydrogen-bond donors (Lipinski definition) is 5. The molecule has 5 N–H and O–H groups in total. The number of methoxy groups -OCH3 is 2. The van der Waals surface area contributed by atoms with E-state index in [0.717, 1.165) is 46.6 Å². The van der Waals surface area contributed by atoms with Gasteiger partial charge in [0.25, 0.3) is 0 Å². The smallest absolute Gasteiger partial charge is 0.407 e. The number of aromatic amines is 1.